The molecule has 0 atom stereocenters. The van der Waals surface area contributed by atoms with E-state index in [1.54, 1.807) is 0 Å². The van der Waals surface area contributed by atoms with Crippen molar-refractivity contribution in [1.29, 1.82) is 0 Å². The maximum absolute atomic E-state index is 5.19. The van der Waals surface area contributed by atoms with Gasteiger partial charge in [0.15, 0.2) is 0 Å². The molecule has 1 heterocycles. The molecule has 4 nitrogen and oxygen atoms in total. The quantitative estimate of drug-likeness (QED) is 0.565. The van der Waals surface area contributed by atoms with Crippen LogP contribution in [0.3, 0.4) is 0 Å². The lowest BCUT2D eigenvalue weighted by Gasteiger charge is -1.82. The molecule has 0 unspecified atom stereocenters. The topological polar surface area (TPSA) is 64.9 Å². The molecule has 0 radical (unpaired) electrons. The Morgan fingerprint density at radius 1 is 1.75 bits per heavy atom. The van der Waals surface area contributed by atoms with Crippen molar-refractivity contribution in [3.05, 3.63) is 12.3 Å². The van der Waals surface area contributed by atoms with E-state index < -0.39 is 0 Å². The molecule has 44 valence electrons. The van der Waals surface area contributed by atoms with E-state index in [0.29, 0.717) is 18.9 Å². The Hall–Kier alpha value is -0.900. The lowest BCUT2D eigenvalue weighted by molar-refractivity contribution is 0.494. The van der Waals surface area contributed by atoms with E-state index in [4.69, 9.17) is 10.2 Å². The molecule has 0 saturated heterocycles. The molecule has 0 fully saturated rings. The molecule has 0 aliphatic carbocycles. The Balaban J connectivity index is 2.50. The van der Waals surface area contributed by atoms with Crippen LogP contribution in [-0.4, -0.2) is 16.7 Å². The third-order valence-corrected chi connectivity index (χ3v) is 0.763. The fourth-order valence-corrected chi connectivity index (χ4v) is 0.428. The van der Waals surface area contributed by atoms with Gasteiger partial charge in [0.25, 0.3) is 0 Å². The van der Waals surface area contributed by atoms with Crippen LogP contribution in [0.2, 0.25) is 0 Å². The highest BCUT2D eigenvalue weighted by Crippen LogP contribution is 1.88. The number of nitrogens with zero attached hydrogens (tertiary/aromatic N) is 2. The van der Waals surface area contributed by atoms with E-state index in [1.807, 2.05) is 0 Å². The van der Waals surface area contributed by atoms with Gasteiger partial charge in [0.05, 0.1) is 0 Å². The molecule has 4 heteroatoms. The Morgan fingerprint density at radius 3 is 3.12 bits per heavy atom. The molecule has 0 saturated carbocycles. The maximum Gasteiger partial charge on any atom is 0.217 e. The van der Waals surface area contributed by atoms with Crippen molar-refractivity contribution in [2.24, 2.45) is 5.73 Å². The molecule has 1 rings (SSSR count). The number of hydrogen-bond donors (Lipinski definition) is 1. The third kappa shape index (κ3) is 1.04. The number of hydrogen-bond acceptors (Lipinski definition) is 4. The average Bonchev–Trinajstić information content (AvgIpc) is 2.19. The van der Waals surface area contributed by atoms with E-state index in [-0.39, 0.29) is 0 Å². The van der Waals surface area contributed by atoms with Gasteiger partial charge in [-0.2, -0.15) is 0 Å². The van der Waals surface area contributed by atoms with Crippen LogP contribution in [0.1, 0.15) is 5.89 Å². The second-order valence-electron chi connectivity index (χ2n) is 1.37. The molecule has 8 heavy (non-hydrogen) atoms. The Morgan fingerprint density at radius 2 is 2.62 bits per heavy atom. The van der Waals surface area contributed by atoms with Crippen LogP contribution in [-0.2, 0) is 6.42 Å². The van der Waals surface area contributed by atoms with Crippen molar-refractivity contribution in [3.63, 3.8) is 0 Å². The van der Waals surface area contributed by atoms with Crippen molar-refractivity contribution >= 4 is 0 Å². The first-order valence-corrected chi connectivity index (χ1v) is 2.38. The first kappa shape index (κ1) is 5.24. The highest BCUT2D eigenvalue weighted by Gasteiger charge is 1.92. The SMILES string of the molecule is NCCc1nnco1. The van der Waals surface area contributed by atoms with Gasteiger partial charge in [-0.25, -0.2) is 0 Å². The summed E-state index contributed by atoms with van der Waals surface area (Å²) in [4.78, 5) is 0. The van der Waals surface area contributed by atoms with Crippen LogP contribution in [0.5, 0.6) is 0 Å². The van der Waals surface area contributed by atoms with Crippen molar-refractivity contribution in [3.8, 4) is 0 Å². The fourth-order valence-electron chi connectivity index (χ4n) is 0.428. The van der Waals surface area contributed by atoms with Gasteiger partial charge in [-0.1, -0.05) is 0 Å². The van der Waals surface area contributed by atoms with Gasteiger partial charge in [-0.3, -0.25) is 0 Å². The van der Waals surface area contributed by atoms with Crippen LogP contribution in [0.15, 0.2) is 10.8 Å². The van der Waals surface area contributed by atoms with Crippen molar-refractivity contribution in [1.82, 2.24) is 10.2 Å². The Bertz CT molecular complexity index is 137. The van der Waals surface area contributed by atoms with Gasteiger partial charge in [0, 0.05) is 13.0 Å². The first-order chi connectivity index (χ1) is 3.93. The molecule has 0 amide bonds. The molecular weight excluding hydrogens is 106 g/mol. The zero-order valence-electron chi connectivity index (χ0n) is 4.37. The molecule has 2 N–H and O–H groups in total. The summed E-state index contributed by atoms with van der Waals surface area (Å²) in [7, 11) is 0. The lowest BCUT2D eigenvalue weighted by atomic mass is 10.4. The summed E-state index contributed by atoms with van der Waals surface area (Å²) in [5.41, 5.74) is 5.19. The van der Waals surface area contributed by atoms with Crippen molar-refractivity contribution < 1.29 is 4.42 Å². The largest absolute Gasteiger partial charge is 0.428 e. The first-order valence-electron chi connectivity index (χ1n) is 2.38. The minimum atomic E-state index is 0.558. The van der Waals surface area contributed by atoms with Crippen molar-refractivity contribution in [2.45, 2.75) is 6.42 Å². The van der Waals surface area contributed by atoms with Gasteiger partial charge in [-0.15, -0.1) is 10.2 Å². The van der Waals surface area contributed by atoms with E-state index >= 15 is 0 Å². The molecule has 1 aromatic rings. The molecular formula is C4H7N3O. The Kier molecular flexibility index (Phi) is 1.58. The summed E-state index contributed by atoms with van der Waals surface area (Å²) >= 11 is 0. The van der Waals surface area contributed by atoms with Crippen LogP contribution < -0.4 is 5.73 Å². The molecule has 0 aromatic carbocycles. The molecule has 1 aromatic heterocycles. The third-order valence-electron chi connectivity index (χ3n) is 0.763. The summed E-state index contributed by atoms with van der Waals surface area (Å²) < 4.78 is 4.77. The summed E-state index contributed by atoms with van der Waals surface area (Å²) in [6.45, 7) is 0.558. The van der Waals surface area contributed by atoms with Crippen LogP contribution >= 0.6 is 0 Å². The molecule has 0 spiro atoms. The predicted octanol–water partition coefficient (Wildman–Crippen LogP) is -0.429. The van der Waals surface area contributed by atoms with E-state index in [2.05, 4.69) is 10.2 Å². The highest BCUT2D eigenvalue weighted by atomic mass is 16.4. The fraction of sp³-hybridized carbons (Fsp3) is 0.500. The van der Waals surface area contributed by atoms with E-state index in [0.717, 1.165) is 0 Å². The Labute approximate surface area is 46.7 Å². The number of aromatic nitrogens is 2. The molecule has 0 aliphatic rings. The van der Waals surface area contributed by atoms with Crippen LogP contribution in [0.4, 0.5) is 0 Å². The highest BCUT2D eigenvalue weighted by molar-refractivity contribution is 4.72. The summed E-state index contributed by atoms with van der Waals surface area (Å²) in [5.74, 6) is 0.604. The van der Waals surface area contributed by atoms with E-state index in [1.165, 1.54) is 6.39 Å². The average molecular weight is 113 g/mol. The van der Waals surface area contributed by atoms with Gasteiger partial charge in [0.1, 0.15) is 0 Å². The second-order valence-corrected chi connectivity index (χ2v) is 1.37. The zero-order chi connectivity index (χ0) is 5.82. The summed E-state index contributed by atoms with van der Waals surface area (Å²) in [6, 6.07) is 0. The van der Waals surface area contributed by atoms with Crippen LogP contribution in [0.25, 0.3) is 0 Å². The zero-order valence-corrected chi connectivity index (χ0v) is 4.37. The van der Waals surface area contributed by atoms with Gasteiger partial charge in [-0.05, 0) is 0 Å². The smallest absolute Gasteiger partial charge is 0.217 e. The molecule has 0 aliphatic heterocycles. The lowest BCUT2D eigenvalue weighted by Crippen LogP contribution is -2.02. The molecule has 0 bridgehead atoms. The predicted molar refractivity (Wildman–Crippen MR) is 27.1 cm³/mol. The standard InChI is InChI=1S/C4H7N3O/c5-2-1-4-7-6-3-8-4/h3H,1-2,5H2. The van der Waals surface area contributed by atoms with Crippen molar-refractivity contribution in [2.75, 3.05) is 6.54 Å². The number of nitrogens with two attached hydrogens (primary N) is 1. The second kappa shape index (κ2) is 2.42. The summed E-state index contributed by atoms with van der Waals surface area (Å²) in [6.07, 6.45) is 1.96. The minimum Gasteiger partial charge on any atom is -0.428 e. The normalized spacial score (nSPS) is 9.62. The van der Waals surface area contributed by atoms with E-state index in [9.17, 15) is 0 Å². The van der Waals surface area contributed by atoms with Gasteiger partial charge in [0.2, 0.25) is 12.3 Å². The minimum absolute atomic E-state index is 0.558. The van der Waals surface area contributed by atoms with Gasteiger partial charge < -0.3 is 10.2 Å². The monoisotopic (exact) mass is 113 g/mol. The summed E-state index contributed by atoms with van der Waals surface area (Å²) in [5, 5.41) is 7.08. The van der Waals surface area contributed by atoms with Crippen LogP contribution in [0, 0.1) is 0 Å². The maximum atomic E-state index is 5.19. The van der Waals surface area contributed by atoms with Gasteiger partial charge >= 0.3 is 0 Å². The number of rotatable bonds is 2.